The fourth-order valence-electron chi connectivity index (χ4n) is 5.23. The lowest BCUT2D eigenvalue weighted by Crippen LogP contribution is -2.25. The molecular weight excluding hydrogens is 474 g/mol. The summed E-state index contributed by atoms with van der Waals surface area (Å²) in [6, 6.07) is 11.6. The summed E-state index contributed by atoms with van der Waals surface area (Å²) in [6.07, 6.45) is 12.0. The second-order valence-corrected chi connectivity index (χ2v) is 9.94. The SMILES string of the molecule is CCCCc1c(Cl)n(CCC2CCCCC2)c(=O)n1-c1ccc(-c2ncccc2-c2nn[nH]n2)cc1. The van der Waals surface area contributed by atoms with Gasteiger partial charge in [0.05, 0.1) is 17.1 Å². The third kappa shape index (κ3) is 5.00. The van der Waals surface area contributed by atoms with Gasteiger partial charge in [-0.3, -0.25) is 14.1 Å². The number of nitrogens with one attached hydrogen (secondary N) is 1. The molecule has 3 heterocycles. The van der Waals surface area contributed by atoms with Gasteiger partial charge in [-0.15, -0.1) is 10.2 Å². The Morgan fingerprint density at radius 1 is 1.11 bits per heavy atom. The predicted molar refractivity (Wildman–Crippen MR) is 141 cm³/mol. The van der Waals surface area contributed by atoms with Crippen LogP contribution >= 0.6 is 11.6 Å². The van der Waals surface area contributed by atoms with Gasteiger partial charge in [0.15, 0.2) is 0 Å². The van der Waals surface area contributed by atoms with Crippen LogP contribution in [0.1, 0.15) is 64.0 Å². The van der Waals surface area contributed by atoms with Crippen LogP contribution in [0.3, 0.4) is 0 Å². The molecule has 0 radical (unpaired) electrons. The van der Waals surface area contributed by atoms with Gasteiger partial charge in [-0.05, 0) is 54.7 Å². The van der Waals surface area contributed by atoms with Crippen LogP contribution in [0.4, 0.5) is 0 Å². The van der Waals surface area contributed by atoms with Gasteiger partial charge >= 0.3 is 5.69 Å². The van der Waals surface area contributed by atoms with E-state index in [0.29, 0.717) is 23.4 Å². The minimum Gasteiger partial charge on any atom is -0.282 e. The topological polar surface area (TPSA) is 94.3 Å². The Labute approximate surface area is 215 Å². The van der Waals surface area contributed by atoms with Crippen LogP contribution in [0.25, 0.3) is 28.3 Å². The van der Waals surface area contributed by atoms with E-state index in [-0.39, 0.29) is 5.69 Å². The lowest BCUT2D eigenvalue weighted by atomic mass is 9.87. The van der Waals surface area contributed by atoms with Gasteiger partial charge in [-0.2, -0.15) is 5.21 Å². The molecule has 0 spiro atoms. The number of unbranched alkanes of at least 4 members (excludes halogenated alkanes) is 1. The normalized spacial score (nSPS) is 14.4. The Morgan fingerprint density at radius 3 is 2.64 bits per heavy atom. The third-order valence-electron chi connectivity index (χ3n) is 7.21. The lowest BCUT2D eigenvalue weighted by molar-refractivity contribution is 0.322. The molecule has 1 aliphatic carbocycles. The van der Waals surface area contributed by atoms with E-state index < -0.39 is 0 Å². The first-order chi connectivity index (χ1) is 17.7. The smallest absolute Gasteiger partial charge is 0.282 e. The van der Waals surface area contributed by atoms with Gasteiger partial charge in [0.2, 0.25) is 5.82 Å². The number of benzene rings is 1. The van der Waals surface area contributed by atoms with Crippen molar-refractivity contribution in [3.63, 3.8) is 0 Å². The molecule has 0 bridgehead atoms. The number of hydrogen-bond donors (Lipinski definition) is 1. The maximum absolute atomic E-state index is 13.6. The fourth-order valence-corrected chi connectivity index (χ4v) is 5.57. The van der Waals surface area contributed by atoms with Crippen LogP contribution in [-0.4, -0.2) is 34.7 Å². The summed E-state index contributed by atoms with van der Waals surface area (Å²) in [5.74, 6) is 1.18. The summed E-state index contributed by atoms with van der Waals surface area (Å²) >= 11 is 6.85. The van der Waals surface area contributed by atoms with Crippen molar-refractivity contribution in [3.8, 4) is 28.3 Å². The molecule has 36 heavy (non-hydrogen) atoms. The van der Waals surface area contributed by atoms with Gasteiger partial charge in [-0.1, -0.05) is 69.2 Å². The molecule has 1 aliphatic rings. The van der Waals surface area contributed by atoms with E-state index in [4.69, 9.17) is 11.6 Å². The molecule has 1 fully saturated rings. The number of imidazole rings is 1. The number of aromatic nitrogens is 7. The number of tetrazole rings is 1. The Hall–Kier alpha value is -3.26. The second kappa shape index (κ2) is 11.2. The van der Waals surface area contributed by atoms with Crippen molar-refractivity contribution in [1.82, 2.24) is 34.7 Å². The molecule has 5 rings (SSSR count). The van der Waals surface area contributed by atoms with Crippen molar-refractivity contribution in [3.05, 3.63) is 63.9 Å². The predicted octanol–water partition coefficient (Wildman–Crippen LogP) is 5.85. The van der Waals surface area contributed by atoms with Crippen LogP contribution in [0.2, 0.25) is 5.15 Å². The number of H-pyrrole nitrogens is 1. The number of nitrogens with zero attached hydrogens (tertiary/aromatic N) is 6. The van der Waals surface area contributed by atoms with E-state index in [1.165, 1.54) is 32.1 Å². The maximum Gasteiger partial charge on any atom is 0.334 e. The zero-order valence-electron chi connectivity index (χ0n) is 20.7. The molecule has 0 amide bonds. The minimum atomic E-state index is -0.0556. The molecule has 0 unspecified atom stereocenters. The third-order valence-corrected chi connectivity index (χ3v) is 7.64. The molecular formula is C27H32ClN7O. The molecule has 9 heteroatoms. The molecule has 4 aromatic rings. The summed E-state index contributed by atoms with van der Waals surface area (Å²) in [5.41, 5.74) is 4.10. The Bertz CT molecular complexity index is 1340. The average molecular weight is 506 g/mol. The molecule has 8 nitrogen and oxygen atoms in total. The second-order valence-electron chi connectivity index (χ2n) is 9.59. The van der Waals surface area contributed by atoms with E-state index in [1.807, 2.05) is 36.4 Å². The zero-order chi connectivity index (χ0) is 24.9. The van der Waals surface area contributed by atoms with Crippen molar-refractivity contribution in [1.29, 1.82) is 0 Å². The van der Waals surface area contributed by atoms with Crippen molar-refractivity contribution in [2.75, 3.05) is 0 Å². The van der Waals surface area contributed by atoms with Gasteiger partial charge in [0, 0.05) is 23.9 Å². The molecule has 188 valence electrons. The summed E-state index contributed by atoms with van der Waals surface area (Å²) < 4.78 is 3.57. The van der Waals surface area contributed by atoms with Crippen LogP contribution in [0.5, 0.6) is 0 Å². The van der Waals surface area contributed by atoms with Crippen LogP contribution in [0, 0.1) is 5.92 Å². The average Bonchev–Trinajstić information content (AvgIpc) is 3.54. The number of aromatic amines is 1. The Kier molecular flexibility index (Phi) is 7.60. The lowest BCUT2D eigenvalue weighted by Gasteiger charge is -2.21. The molecule has 1 N–H and O–H groups in total. The first-order valence-corrected chi connectivity index (χ1v) is 13.3. The van der Waals surface area contributed by atoms with Crippen molar-refractivity contribution in [2.45, 2.75) is 71.3 Å². The highest BCUT2D eigenvalue weighted by atomic mass is 35.5. The Morgan fingerprint density at radius 2 is 1.92 bits per heavy atom. The van der Waals surface area contributed by atoms with Crippen LogP contribution in [0.15, 0.2) is 47.4 Å². The fraction of sp³-hybridized carbons (Fsp3) is 0.444. The summed E-state index contributed by atoms with van der Waals surface area (Å²) in [6.45, 7) is 2.83. The van der Waals surface area contributed by atoms with Gasteiger partial charge in [-0.25, -0.2) is 4.79 Å². The molecule has 3 aromatic heterocycles. The monoisotopic (exact) mass is 505 g/mol. The molecule has 0 aliphatic heterocycles. The maximum atomic E-state index is 13.6. The largest absolute Gasteiger partial charge is 0.334 e. The number of hydrogen-bond acceptors (Lipinski definition) is 5. The molecule has 1 saturated carbocycles. The highest BCUT2D eigenvalue weighted by Crippen LogP contribution is 2.30. The molecule has 0 atom stereocenters. The first-order valence-electron chi connectivity index (χ1n) is 13.0. The number of rotatable bonds is 9. The standard InChI is InChI=1S/C27H32ClN7O/c1-2-3-11-23-25(28)34(18-16-19-8-5-4-6-9-19)27(36)35(23)21-14-12-20(13-15-21)24-22(10-7-17-29-24)26-30-32-33-31-26/h7,10,12-15,17,19H,2-6,8-9,11,16,18H2,1H3,(H,30,31,32,33). The van der Waals surface area contributed by atoms with E-state index in [1.54, 1.807) is 15.3 Å². The number of halogens is 1. The van der Waals surface area contributed by atoms with E-state index >= 15 is 0 Å². The highest BCUT2D eigenvalue weighted by Gasteiger charge is 2.21. The summed E-state index contributed by atoms with van der Waals surface area (Å²) in [5, 5.41) is 15.0. The van der Waals surface area contributed by atoms with E-state index in [9.17, 15) is 4.79 Å². The quantitative estimate of drug-likeness (QED) is 0.308. The number of pyridine rings is 1. The summed E-state index contributed by atoms with van der Waals surface area (Å²) in [7, 11) is 0. The van der Waals surface area contributed by atoms with Gasteiger partial charge in [0.1, 0.15) is 5.15 Å². The van der Waals surface area contributed by atoms with Crippen LogP contribution in [-0.2, 0) is 13.0 Å². The van der Waals surface area contributed by atoms with Gasteiger partial charge in [0.25, 0.3) is 0 Å². The van der Waals surface area contributed by atoms with E-state index in [2.05, 4.69) is 32.5 Å². The van der Waals surface area contributed by atoms with Crippen molar-refractivity contribution >= 4 is 11.6 Å². The zero-order valence-corrected chi connectivity index (χ0v) is 21.4. The van der Waals surface area contributed by atoms with E-state index in [0.717, 1.165) is 53.9 Å². The highest BCUT2D eigenvalue weighted by molar-refractivity contribution is 6.30. The molecule has 0 saturated heterocycles. The minimum absolute atomic E-state index is 0.0556. The van der Waals surface area contributed by atoms with Crippen molar-refractivity contribution < 1.29 is 0 Å². The summed E-state index contributed by atoms with van der Waals surface area (Å²) in [4.78, 5) is 18.2. The van der Waals surface area contributed by atoms with Crippen molar-refractivity contribution in [2.24, 2.45) is 5.92 Å². The van der Waals surface area contributed by atoms with Gasteiger partial charge < -0.3 is 0 Å². The molecule has 1 aromatic carbocycles. The first kappa shape index (κ1) is 24.4. The Balaban J connectivity index is 1.47. The van der Waals surface area contributed by atoms with Crippen LogP contribution < -0.4 is 5.69 Å².